The van der Waals surface area contributed by atoms with Crippen LogP contribution >= 0.6 is 11.8 Å². The van der Waals surface area contributed by atoms with Crippen LogP contribution in [-0.2, 0) is 0 Å². The zero-order valence-corrected chi connectivity index (χ0v) is 8.28. The molecular formula is C9H11NO3S. The van der Waals surface area contributed by atoms with E-state index in [1.54, 1.807) is 12.1 Å². The zero-order chi connectivity index (χ0) is 10.4. The second-order valence-electron chi connectivity index (χ2n) is 2.70. The lowest BCUT2D eigenvalue weighted by Gasteiger charge is -2.05. The number of hydrogen-bond acceptors (Lipinski definition) is 5. The van der Waals surface area contributed by atoms with Crippen LogP contribution in [-0.4, -0.2) is 39.9 Å². The molecule has 0 aliphatic rings. The van der Waals surface area contributed by atoms with E-state index in [0.717, 1.165) is 11.3 Å². The van der Waals surface area contributed by atoms with Crippen LogP contribution in [0.2, 0.25) is 0 Å². The van der Waals surface area contributed by atoms with E-state index in [1.165, 1.54) is 18.0 Å². The summed E-state index contributed by atoms with van der Waals surface area (Å²) in [6.07, 6.45) is 1.47. The van der Waals surface area contributed by atoms with E-state index in [9.17, 15) is 4.79 Å². The SMILES string of the molecule is O=Cc1ccc(SCC(O)CO)nc1. The molecule has 2 N–H and O–H groups in total. The molecule has 0 aliphatic heterocycles. The summed E-state index contributed by atoms with van der Waals surface area (Å²) in [5.74, 6) is 0.393. The molecule has 14 heavy (non-hydrogen) atoms. The Labute approximate surface area is 86.0 Å². The van der Waals surface area contributed by atoms with Gasteiger partial charge in [-0.1, -0.05) is 0 Å². The molecular weight excluding hydrogens is 202 g/mol. The Morgan fingerprint density at radius 2 is 2.36 bits per heavy atom. The number of nitrogens with zero attached hydrogens (tertiary/aromatic N) is 1. The number of aliphatic hydroxyl groups is 2. The molecule has 0 saturated heterocycles. The van der Waals surface area contributed by atoms with Gasteiger partial charge in [0.25, 0.3) is 0 Å². The largest absolute Gasteiger partial charge is 0.394 e. The topological polar surface area (TPSA) is 70.4 Å². The summed E-state index contributed by atoms with van der Waals surface area (Å²) in [6, 6.07) is 3.37. The molecule has 0 fully saturated rings. The molecule has 0 radical (unpaired) electrons. The van der Waals surface area contributed by atoms with Gasteiger partial charge in [0, 0.05) is 17.5 Å². The van der Waals surface area contributed by atoms with Gasteiger partial charge < -0.3 is 10.2 Å². The molecule has 4 nitrogen and oxygen atoms in total. The molecule has 1 heterocycles. The average Bonchev–Trinajstić information content (AvgIpc) is 2.26. The molecule has 1 aromatic heterocycles. The third kappa shape index (κ3) is 3.45. The first-order valence-corrected chi connectivity index (χ1v) is 5.07. The second-order valence-corrected chi connectivity index (χ2v) is 3.74. The average molecular weight is 213 g/mol. The van der Waals surface area contributed by atoms with Gasteiger partial charge >= 0.3 is 0 Å². The third-order valence-electron chi connectivity index (χ3n) is 1.53. The molecule has 0 spiro atoms. The number of carbonyl (C=O) groups is 1. The van der Waals surface area contributed by atoms with Gasteiger partial charge in [-0.2, -0.15) is 0 Å². The first kappa shape index (κ1) is 11.2. The summed E-state index contributed by atoms with van der Waals surface area (Å²) in [6.45, 7) is -0.251. The third-order valence-corrected chi connectivity index (χ3v) is 2.62. The van der Waals surface area contributed by atoms with E-state index in [0.29, 0.717) is 11.3 Å². The lowest BCUT2D eigenvalue weighted by molar-refractivity contribution is 0.112. The van der Waals surface area contributed by atoms with Crippen molar-refractivity contribution in [1.82, 2.24) is 4.98 Å². The fraction of sp³-hybridized carbons (Fsp3) is 0.333. The lowest BCUT2D eigenvalue weighted by Crippen LogP contribution is -2.14. The molecule has 1 atom stereocenters. The van der Waals surface area contributed by atoms with E-state index >= 15 is 0 Å². The van der Waals surface area contributed by atoms with Gasteiger partial charge in [-0.05, 0) is 12.1 Å². The smallest absolute Gasteiger partial charge is 0.151 e. The van der Waals surface area contributed by atoms with Crippen molar-refractivity contribution in [2.75, 3.05) is 12.4 Å². The van der Waals surface area contributed by atoms with Gasteiger partial charge in [0.2, 0.25) is 0 Å². The van der Waals surface area contributed by atoms with Crippen molar-refractivity contribution < 1.29 is 15.0 Å². The van der Waals surface area contributed by atoms with Crippen molar-refractivity contribution in [1.29, 1.82) is 0 Å². The van der Waals surface area contributed by atoms with Crippen molar-refractivity contribution >= 4 is 18.0 Å². The normalized spacial score (nSPS) is 12.4. The Bertz CT molecular complexity index is 289. The Balaban J connectivity index is 2.47. The molecule has 5 heteroatoms. The number of aromatic nitrogens is 1. The number of carbonyl (C=O) groups excluding carboxylic acids is 1. The molecule has 0 bridgehead atoms. The van der Waals surface area contributed by atoms with E-state index in [1.807, 2.05) is 0 Å². The van der Waals surface area contributed by atoms with Gasteiger partial charge in [0.15, 0.2) is 6.29 Å². The molecule has 0 saturated carbocycles. The molecule has 0 aliphatic carbocycles. The minimum absolute atomic E-state index is 0.251. The maximum Gasteiger partial charge on any atom is 0.151 e. The number of aliphatic hydroxyl groups excluding tert-OH is 2. The highest BCUT2D eigenvalue weighted by atomic mass is 32.2. The summed E-state index contributed by atoms with van der Waals surface area (Å²) in [5, 5.41) is 18.4. The number of aldehydes is 1. The minimum Gasteiger partial charge on any atom is -0.394 e. The van der Waals surface area contributed by atoms with Gasteiger partial charge in [-0.15, -0.1) is 11.8 Å². The molecule has 1 unspecified atom stereocenters. The molecule has 1 aromatic rings. The predicted molar refractivity (Wildman–Crippen MR) is 53.4 cm³/mol. The highest BCUT2D eigenvalue weighted by Gasteiger charge is 2.03. The Morgan fingerprint density at radius 3 is 2.86 bits per heavy atom. The van der Waals surface area contributed by atoms with Crippen LogP contribution in [0.5, 0.6) is 0 Å². The van der Waals surface area contributed by atoms with Gasteiger partial charge in [-0.3, -0.25) is 4.79 Å². The van der Waals surface area contributed by atoms with Gasteiger partial charge in [0.1, 0.15) is 0 Å². The standard InChI is InChI=1S/C9H11NO3S/c11-4-7-1-2-9(10-3-7)14-6-8(13)5-12/h1-4,8,12-13H,5-6H2. The highest BCUT2D eigenvalue weighted by molar-refractivity contribution is 7.99. The van der Waals surface area contributed by atoms with E-state index < -0.39 is 6.10 Å². The molecule has 0 amide bonds. The summed E-state index contributed by atoms with van der Waals surface area (Å²) >= 11 is 1.34. The number of rotatable bonds is 5. The Hall–Kier alpha value is -0.910. The lowest BCUT2D eigenvalue weighted by atomic mass is 10.3. The zero-order valence-electron chi connectivity index (χ0n) is 7.46. The van der Waals surface area contributed by atoms with Crippen LogP contribution in [0.25, 0.3) is 0 Å². The van der Waals surface area contributed by atoms with Crippen molar-refractivity contribution in [3.8, 4) is 0 Å². The number of pyridine rings is 1. The van der Waals surface area contributed by atoms with Gasteiger partial charge in [0.05, 0.1) is 17.7 Å². The van der Waals surface area contributed by atoms with Crippen molar-refractivity contribution in [2.24, 2.45) is 0 Å². The van der Waals surface area contributed by atoms with Crippen molar-refractivity contribution in [3.63, 3.8) is 0 Å². The van der Waals surface area contributed by atoms with E-state index in [-0.39, 0.29) is 6.61 Å². The Kier molecular flexibility index (Phi) is 4.58. The van der Waals surface area contributed by atoms with Crippen LogP contribution < -0.4 is 0 Å². The number of hydrogen-bond donors (Lipinski definition) is 2. The predicted octanol–water partition coefficient (Wildman–Crippen LogP) is 0.339. The summed E-state index contributed by atoms with van der Waals surface area (Å²) in [5.41, 5.74) is 0.525. The maximum atomic E-state index is 10.3. The molecule has 1 rings (SSSR count). The Morgan fingerprint density at radius 1 is 1.57 bits per heavy atom. The van der Waals surface area contributed by atoms with Crippen molar-refractivity contribution in [3.05, 3.63) is 23.9 Å². The van der Waals surface area contributed by atoms with Crippen LogP contribution in [0.15, 0.2) is 23.4 Å². The second kappa shape index (κ2) is 5.74. The molecule has 0 aromatic carbocycles. The van der Waals surface area contributed by atoms with Crippen LogP contribution in [0, 0.1) is 0 Å². The summed E-state index contributed by atoms with van der Waals surface area (Å²) in [7, 11) is 0. The monoisotopic (exact) mass is 213 g/mol. The highest BCUT2D eigenvalue weighted by Crippen LogP contribution is 2.15. The fourth-order valence-electron chi connectivity index (χ4n) is 0.781. The fourth-order valence-corrected chi connectivity index (χ4v) is 1.54. The maximum absolute atomic E-state index is 10.3. The molecule has 76 valence electrons. The van der Waals surface area contributed by atoms with Crippen LogP contribution in [0.4, 0.5) is 0 Å². The summed E-state index contributed by atoms with van der Waals surface area (Å²) < 4.78 is 0. The quantitative estimate of drug-likeness (QED) is 0.545. The van der Waals surface area contributed by atoms with Crippen molar-refractivity contribution in [2.45, 2.75) is 11.1 Å². The van der Waals surface area contributed by atoms with E-state index in [4.69, 9.17) is 10.2 Å². The first-order chi connectivity index (χ1) is 6.76. The van der Waals surface area contributed by atoms with E-state index in [2.05, 4.69) is 4.98 Å². The summed E-state index contributed by atoms with van der Waals surface area (Å²) in [4.78, 5) is 14.3. The van der Waals surface area contributed by atoms with Gasteiger partial charge in [-0.25, -0.2) is 4.98 Å². The number of thioether (sulfide) groups is 1. The van der Waals surface area contributed by atoms with Crippen LogP contribution in [0.1, 0.15) is 10.4 Å². The first-order valence-electron chi connectivity index (χ1n) is 4.09. The minimum atomic E-state index is -0.729. The van der Waals surface area contributed by atoms with Crippen LogP contribution in [0.3, 0.4) is 0 Å².